The van der Waals surface area contributed by atoms with Crippen LogP contribution in [0, 0.1) is 3.57 Å². The van der Waals surface area contributed by atoms with Crippen molar-refractivity contribution < 1.29 is 38.0 Å². The number of amides is 1. The molecule has 1 atom stereocenters. The van der Waals surface area contributed by atoms with Crippen LogP contribution < -0.4 is 33.2 Å². The fourth-order valence-electron chi connectivity index (χ4n) is 5.27. The molecule has 2 aliphatic rings. The van der Waals surface area contributed by atoms with Crippen molar-refractivity contribution in [3.63, 3.8) is 0 Å². The average Bonchev–Trinajstić information content (AvgIpc) is 3.47. The van der Waals surface area contributed by atoms with Gasteiger partial charge >= 0.3 is 0 Å². The number of benzene rings is 3. The Hall–Kier alpha value is -3.87. The Labute approximate surface area is 271 Å². The molecule has 1 saturated heterocycles. The summed E-state index contributed by atoms with van der Waals surface area (Å²) in [5.41, 5.74) is 1.19. The van der Waals surface area contributed by atoms with Gasteiger partial charge in [0.2, 0.25) is 5.75 Å². The highest BCUT2D eigenvalue weighted by atomic mass is 127. The zero-order valence-electron chi connectivity index (χ0n) is 25.4. The van der Waals surface area contributed by atoms with E-state index in [-0.39, 0.29) is 11.9 Å². The lowest BCUT2D eigenvalue weighted by molar-refractivity contribution is 0.0774. The predicted octanol–water partition coefficient (Wildman–Crippen LogP) is 7.07. The lowest BCUT2D eigenvalue weighted by atomic mass is 10.1. The van der Waals surface area contributed by atoms with E-state index in [4.69, 9.17) is 33.2 Å². The van der Waals surface area contributed by atoms with Crippen LogP contribution >= 0.6 is 22.6 Å². The van der Waals surface area contributed by atoms with Gasteiger partial charge < -0.3 is 38.1 Å². The molecule has 10 nitrogen and oxygen atoms in total. The van der Waals surface area contributed by atoms with Crippen molar-refractivity contribution in [1.29, 1.82) is 0 Å². The van der Waals surface area contributed by atoms with E-state index in [0.29, 0.717) is 64.7 Å². The number of hydrogen-bond donors (Lipinski definition) is 0. The normalized spacial score (nSPS) is 15.2. The summed E-state index contributed by atoms with van der Waals surface area (Å²) >= 11 is 2.23. The molecule has 0 unspecified atom stereocenters. The molecule has 1 amide bonds. The van der Waals surface area contributed by atoms with Gasteiger partial charge in [-0.1, -0.05) is 0 Å². The van der Waals surface area contributed by atoms with Gasteiger partial charge in [0.1, 0.15) is 17.2 Å². The molecule has 0 N–H and O–H groups in total. The van der Waals surface area contributed by atoms with E-state index >= 15 is 0 Å². The van der Waals surface area contributed by atoms with Crippen molar-refractivity contribution in [2.24, 2.45) is 4.99 Å². The summed E-state index contributed by atoms with van der Waals surface area (Å²) < 4.78 is 40.8. The van der Waals surface area contributed by atoms with Crippen LogP contribution in [0.5, 0.6) is 46.0 Å². The number of aliphatic imine (C=N–C) groups is 1. The summed E-state index contributed by atoms with van der Waals surface area (Å²) in [5, 5.41) is 0. The highest BCUT2D eigenvalue weighted by Crippen LogP contribution is 2.43. The van der Waals surface area contributed by atoms with E-state index in [0.717, 1.165) is 48.0 Å². The van der Waals surface area contributed by atoms with Gasteiger partial charge in [-0.15, -0.1) is 0 Å². The van der Waals surface area contributed by atoms with E-state index in [1.807, 2.05) is 35.4 Å². The Balaban J connectivity index is 1.08. The number of unbranched alkanes of at least 4 members (excludes halogenated alkanes) is 2. The van der Waals surface area contributed by atoms with Gasteiger partial charge in [0.25, 0.3) is 5.91 Å². The molecule has 0 aromatic heterocycles. The largest absolute Gasteiger partial charge is 0.494 e. The quantitative estimate of drug-likeness (QED) is 0.129. The zero-order valence-corrected chi connectivity index (χ0v) is 27.5. The Bertz CT molecular complexity index is 1490. The second-order valence-corrected chi connectivity index (χ2v) is 11.5. The molecule has 0 saturated carbocycles. The smallest absolute Gasteiger partial charge is 0.256 e. The van der Waals surface area contributed by atoms with Gasteiger partial charge in [-0.3, -0.25) is 9.79 Å². The number of methoxy groups -OCH3 is 4. The van der Waals surface area contributed by atoms with Crippen LogP contribution in [0.4, 0.5) is 5.69 Å². The van der Waals surface area contributed by atoms with Crippen LogP contribution in [-0.4, -0.2) is 71.3 Å². The number of rotatable bonds is 14. The maximum absolute atomic E-state index is 13.1. The summed E-state index contributed by atoms with van der Waals surface area (Å²) in [6.45, 7) is 1.86. The fourth-order valence-corrected chi connectivity index (χ4v) is 5.87. The second-order valence-electron chi connectivity index (χ2n) is 10.3. The molecular formula is C33H37IN2O8. The SMILES string of the molecule is COc1cc2c(cc1OCCCCCOc1ccc(Oc3cc(OC)c(OC)c(OC)c3)c(I)c1)N=C[C@@H]1CCCN1C2=O. The minimum Gasteiger partial charge on any atom is -0.494 e. The summed E-state index contributed by atoms with van der Waals surface area (Å²) in [6, 6.07) is 12.8. The van der Waals surface area contributed by atoms with Crippen LogP contribution in [0.15, 0.2) is 47.5 Å². The summed E-state index contributed by atoms with van der Waals surface area (Å²) in [6.07, 6.45) is 6.48. The van der Waals surface area contributed by atoms with Gasteiger partial charge in [0.15, 0.2) is 23.0 Å². The third kappa shape index (κ3) is 7.09. The molecule has 0 bridgehead atoms. The number of halogens is 1. The maximum atomic E-state index is 13.1. The predicted molar refractivity (Wildman–Crippen MR) is 175 cm³/mol. The number of carbonyl (C=O) groups excluding carboxylic acids is 1. The molecule has 1 fully saturated rings. The van der Waals surface area contributed by atoms with Crippen molar-refractivity contribution in [3.8, 4) is 46.0 Å². The Kier molecular flexibility index (Phi) is 10.6. The standard InChI is InChI=1S/C33H37IN2O8/c1-38-28-18-24-26(35-20-21-9-8-12-36(21)33(24)37)19-29(28)43-14-7-5-6-13-42-22-10-11-27(25(34)15-22)44-23-16-30(39-2)32(41-4)31(17-23)40-3/h10-11,15-21H,5-9,12-14H2,1-4H3/t21-/m0/s1. The summed E-state index contributed by atoms with van der Waals surface area (Å²) in [5.74, 6) is 4.71. The van der Waals surface area contributed by atoms with E-state index < -0.39 is 0 Å². The highest BCUT2D eigenvalue weighted by molar-refractivity contribution is 14.1. The molecule has 0 spiro atoms. The number of carbonyl (C=O) groups is 1. The fraction of sp³-hybridized carbons (Fsp3) is 0.394. The van der Waals surface area contributed by atoms with Crippen molar-refractivity contribution in [3.05, 3.63) is 51.6 Å². The topological polar surface area (TPSA) is 97.3 Å². The van der Waals surface area contributed by atoms with Crippen LogP contribution in [0.25, 0.3) is 0 Å². The molecule has 0 radical (unpaired) electrons. The molecule has 44 heavy (non-hydrogen) atoms. The van der Waals surface area contributed by atoms with Crippen molar-refractivity contribution in [2.75, 3.05) is 48.2 Å². The monoisotopic (exact) mass is 716 g/mol. The van der Waals surface area contributed by atoms with E-state index in [1.54, 1.807) is 46.6 Å². The first-order chi connectivity index (χ1) is 21.4. The lowest BCUT2D eigenvalue weighted by Crippen LogP contribution is -2.35. The molecule has 0 aliphatic carbocycles. The minimum atomic E-state index is 0.000255. The average molecular weight is 717 g/mol. The van der Waals surface area contributed by atoms with Crippen LogP contribution in [-0.2, 0) is 0 Å². The van der Waals surface area contributed by atoms with Gasteiger partial charge in [0, 0.05) is 31.0 Å². The molecule has 2 aliphatic heterocycles. The first-order valence-corrected chi connectivity index (χ1v) is 15.6. The first kappa shape index (κ1) is 31.6. The van der Waals surface area contributed by atoms with Crippen molar-refractivity contribution in [2.45, 2.75) is 38.1 Å². The van der Waals surface area contributed by atoms with Gasteiger partial charge in [0.05, 0.1) is 62.5 Å². The van der Waals surface area contributed by atoms with E-state index in [2.05, 4.69) is 27.6 Å². The van der Waals surface area contributed by atoms with Gasteiger partial charge in [-0.25, -0.2) is 0 Å². The van der Waals surface area contributed by atoms with Gasteiger partial charge in [-0.05, 0) is 79.0 Å². The molecule has 234 valence electrons. The van der Waals surface area contributed by atoms with Crippen molar-refractivity contribution >= 4 is 40.4 Å². The van der Waals surface area contributed by atoms with Crippen molar-refractivity contribution in [1.82, 2.24) is 4.90 Å². The van der Waals surface area contributed by atoms with Crippen LogP contribution in [0.2, 0.25) is 0 Å². The Morgan fingerprint density at radius 3 is 2.20 bits per heavy atom. The number of fused-ring (bicyclic) bond motifs is 2. The van der Waals surface area contributed by atoms with Gasteiger partial charge in [-0.2, -0.15) is 0 Å². The Morgan fingerprint density at radius 2 is 1.52 bits per heavy atom. The third-order valence-electron chi connectivity index (χ3n) is 7.54. The van der Waals surface area contributed by atoms with E-state index in [1.165, 1.54) is 0 Å². The summed E-state index contributed by atoms with van der Waals surface area (Å²) in [4.78, 5) is 19.5. The minimum absolute atomic E-state index is 0.000255. The molecule has 3 aromatic carbocycles. The molecule has 2 heterocycles. The Morgan fingerprint density at radius 1 is 0.795 bits per heavy atom. The van der Waals surface area contributed by atoms with Crippen LogP contribution in [0.1, 0.15) is 42.5 Å². The summed E-state index contributed by atoms with van der Waals surface area (Å²) in [7, 11) is 6.28. The lowest BCUT2D eigenvalue weighted by Gasteiger charge is -2.20. The molecular weight excluding hydrogens is 679 g/mol. The zero-order chi connectivity index (χ0) is 31.1. The maximum Gasteiger partial charge on any atom is 0.256 e. The molecule has 11 heteroatoms. The number of nitrogens with zero attached hydrogens (tertiary/aromatic N) is 2. The first-order valence-electron chi connectivity index (χ1n) is 14.6. The van der Waals surface area contributed by atoms with E-state index in [9.17, 15) is 4.79 Å². The van der Waals surface area contributed by atoms with Crippen LogP contribution in [0.3, 0.4) is 0 Å². The highest BCUT2D eigenvalue weighted by Gasteiger charge is 2.32. The number of ether oxygens (including phenoxy) is 7. The molecule has 5 rings (SSSR count). The molecule has 3 aromatic rings. The third-order valence-corrected chi connectivity index (χ3v) is 8.39. The number of hydrogen-bond acceptors (Lipinski definition) is 9. The second kappa shape index (κ2) is 14.7.